The van der Waals surface area contributed by atoms with Crippen LogP contribution in [0.15, 0.2) is 36.4 Å². The first-order valence-corrected chi connectivity index (χ1v) is 14.6. The Morgan fingerprint density at radius 1 is 1.09 bits per heavy atom. The van der Waals surface area contributed by atoms with E-state index < -0.39 is 42.3 Å². The summed E-state index contributed by atoms with van der Waals surface area (Å²) >= 11 is 6.47. The van der Waals surface area contributed by atoms with E-state index in [0.717, 1.165) is 43.7 Å². The largest absolute Gasteiger partial charge is 0.481 e. The molecule has 0 saturated carbocycles. The molecule has 1 fully saturated rings. The van der Waals surface area contributed by atoms with Crippen molar-refractivity contribution in [3.63, 3.8) is 0 Å². The zero-order valence-electron chi connectivity index (χ0n) is 24.9. The standard InChI is InChI=1S/C31H37ClFN3O8/c1-34(2)28(40)20(17-36-10-8-30(9-11-36)18-35(3)25-7-4-21(33)14-23(25)30)12-19-13-22(5-6-24(19)32)44-27(39)16-31(43,29(41)42)15-26(37)38/h4-7,13-14,20,43H,8-12,15-18H2,1-3H3,(H,37,38)(H,41,42). The molecule has 0 radical (unpaired) electrons. The smallest absolute Gasteiger partial charge is 0.336 e. The number of anilines is 1. The number of carboxylic acids is 2. The number of esters is 1. The van der Waals surface area contributed by atoms with Crippen LogP contribution in [0.4, 0.5) is 10.1 Å². The van der Waals surface area contributed by atoms with Crippen molar-refractivity contribution >= 4 is 41.1 Å². The number of hydrogen-bond donors (Lipinski definition) is 3. The number of ether oxygens (including phenoxy) is 1. The number of halogens is 2. The molecule has 2 aliphatic heterocycles. The lowest BCUT2D eigenvalue weighted by Gasteiger charge is -2.41. The van der Waals surface area contributed by atoms with Crippen molar-refractivity contribution in [3.8, 4) is 5.75 Å². The van der Waals surface area contributed by atoms with E-state index in [4.69, 9.17) is 21.4 Å². The van der Waals surface area contributed by atoms with Crippen molar-refractivity contribution in [2.75, 3.05) is 52.2 Å². The van der Waals surface area contributed by atoms with Crippen LogP contribution in [0.25, 0.3) is 0 Å². The Hall–Kier alpha value is -3.74. The second-order valence-corrected chi connectivity index (χ2v) is 12.5. The molecular formula is C31H37ClFN3O8. The van der Waals surface area contributed by atoms with Gasteiger partial charge in [0, 0.05) is 50.4 Å². The van der Waals surface area contributed by atoms with Gasteiger partial charge in [0.1, 0.15) is 11.6 Å². The van der Waals surface area contributed by atoms with Crippen molar-refractivity contribution in [3.05, 3.63) is 58.4 Å². The van der Waals surface area contributed by atoms with Crippen molar-refractivity contribution in [1.29, 1.82) is 0 Å². The lowest BCUT2D eigenvalue weighted by atomic mass is 9.74. The maximum absolute atomic E-state index is 14.2. The summed E-state index contributed by atoms with van der Waals surface area (Å²) in [4.78, 5) is 54.0. The number of carbonyl (C=O) groups is 4. The summed E-state index contributed by atoms with van der Waals surface area (Å²) in [5, 5.41) is 28.7. The average molecular weight is 634 g/mol. The fourth-order valence-corrected chi connectivity index (χ4v) is 6.49. The minimum absolute atomic E-state index is 0.00433. The van der Waals surface area contributed by atoms with Gasteiger partial charge in [0.2, 0.25) is 5.91 Å². The highest BCUT2D eigenvalue weighted by Gasteiger charge is 2.44. The Morgan fingerprint density at radius 3 is 2.39 bits per heavy atom. The van der Waals surface area contributed by atoms with Gasteiger partial charge in [-0.25, -0.2) is 9.18 Å². The fourth-order valence-electron chi connectivity index (χ4n) is 6.29. The van der Waals surface area contributed by atoms with Gasteiger partial charge < -0.3 is 34.8 Å². The quantitative estimate of drug-likeness (QED) is 0.249. The third-order valence-electron chi connectivity index (χ3n) is 8.56. The van der Waals surface area contributed by atoms with E-state index in [9.17, 15) is 33.8 Å². The third kappa shape index (κ3) is 7.31. The van der Waals surface area contributed by atoms with Gasteiger partial charge in [-0.3, -0.25) is 14.4 Å². The molecule has 238 valence electrons. The van der Waals surface area contributed by atoms with Crippen LogP contribution in [0, 0.1) is 11.7 Å². The molecule has 1 spiro atoms. The van der Waals surface area contributed by atoms with Crippen LogP contribution in [-0.4, -0.2) is 102 Å². The molecule has 11 nitrogen and oxygen atoms in total. The van der Waals surface area contributed by atoms with E-state index in [1.165, 1.54) is 29.2 Å². The van der Waals surface area contributed by atoms with Gasteiger partial charge in [-0.15, -0.1) is 0 Å². The Balaban J connectivity index is 1.46. The molecular weight excluding hydrogens is 597 g/mol. The number of aliphatic hydroxyl groups is 1. The van der Waals surface area contributed by atoms with Gasteiger partial charge in [-0.2, -0.15) is 0 Å². The van der Waals surface area contributed by atoms with Gasteiger partial charge in [-0.1, -0.05) is 11.6 Å². The molecule has 2 unspecified atom stereocenters. The van der Waals surface area contributed by atoms with E-state index in [1.54, 1.807) is 20.2 Å². The Morgan fingerprint density at radius 2 is 1.77 bits per heavy atom. The molecule has 0 aliphatic carbocycles. The van der Waals surface area contributed by atoms with Crippen LogP contribution in [0.1, 0.15) is 36.8 Å². The highest BCUT2D eigenvalue weighted by Crippen LogP contribution is 2.46. The molecule has 1 amide bonds. The highest BCUT2D eigenvalue weighted by molar-refractivity contribution is 6.31. The zero-order chi connectivity index (χ0) is 32.4. The van der Waals surface area contributed by atoms with Crippen LogP contribution < -0.4 is 9.64 Å². The predicted octanol–water partition coefficient (Wildman–Crippen LogP) is 2.80. The van der Waals surface area contributed by atoms with E-state index in [-0.39, 0.29) is 29.3 Å². The number of likely N-dealkylation sites (N-methyl/N-ethyl adjacent to an activating group) is 1. The van der Waals surface area contributed by atoms with Crippen molar-refractivity contribution in [2.24, 2.45) is 5.92 Å². The normalized spacial score (nSPS) is 17.9. The number of benzene rings is 2. The van der Waals surface area contributed by atoms with Crippen molar-refractivity contribution in [1.82, 2.24) is 9.80 Å². The van der Waals surface area contributed by atoms with Gasteiger partial charge >= 0.3 is 17.9 Å². The SMILES string of the molecule is CN(C)C(=O)C(Cc1cc(OC(=O)CC(O)(CC(=O)O)C(=O)O)ccc1Cl)CN1CCC2(CC1)CN(C)c1ccc(F)cc12. The van der Waals surface area contributed by atoms with Crippen LogP contribution in [0.2, 0.25) is 5.02 Å². The van der Waals surface area contributed by atoms with Crippen LogP contribution in [0.3, 0.4) is 0 Å². The van der Waals surface area contributed by atoms with E-state index >= 15 is 0 Å². The average Bonchev–Trinajstić information content (AvgIpc) is 3.20. The summed E-state index contributed by atoms with van der Waals surface area (Å²) in [7, 11) is 5.35. The van der Waals surface area contributed by atoms with Crippen LogP contribution in [0.5, 0.6) is 5.75 Å². The minimum Gasteiger partial charge on any atom is -0.481 e. The van der Waals surface area contributed by atoms with Crippen molar-refractivity contribution < 1.29 is 43.6 Å². The molecule has 2 atom stereocenters. The summed E-state index contributed by atoms with van der Waals surface area (Å²) in [6.07, 6.45) is -0.425. The summed E-state index contributed by atoms with van der Waals surface area (Å²) in [6.45, 7) is 2.69. The Bertz CT molecular complexity index is 1440. The Kier molecular flexibility index (Phi) is 9.86. The maximum Gasteiger partial charge on any atom is 0.336 e. The number of fused-ring (bicyclic) bond motifs is 2. The number of amides is 1. The highest BCUT2D eigenvalue weighted by atomic mass is 35.5. The summed E-state index contributed by atoms with van der Waals surface area (Å²) in [5.74, 6) is -5.45. The van der Waals surface area contributed by atoms with Crippen molar-refractivity contribution in [2.45, 2.75) is 43.1 Å². The van der Waals surface area contributed by atoms with Crippen LogP contribution >= 0.6 is 11.6 Å². The summed E-state index contributed by atoms with van der Waals surface area (Å²) < 4.78 is 19.4. The zero-order valence-corrected chi connectivity index (χ0v) is 25.6. The Labute approximate surface area is 259 Å². The lowest BCUT2D eigenvalue weighted by Crippen LogP contribution is -2.48. The van der Waals surface area contributed by atoms with E-state index in [2.05, 4.69) is 9.80 Å². The number of piperidine rings is 1. The number of likely N-dealkylation sites (tertiary alicyclic amines) is 1. The molecule has 0 bridgehead atoms. The first kappa shape index (κ1) is 33.2. The maximum atomic E-state index is 14.2. The topological polar surface area (TPSA) is 148 Å². The first-order chi connectivity index (χ1) is 20.6. The number of rotatable bonds is 11. The molecule has 3 N–H and O–H groups in total. The molecule has 2 aromatic carbocycles. The first-order valence-electron chi connectivity index (χ1n) is 14.2. The minimum atomic E-state index is -2.83. The monoisotopic (exact) mass is 633 g/mol. The van der Waals surface area contributed by atoms with E-state index in [1.807, 2.05) is 13.1 Å². The number of nitrogens with zero attached hydrogens (tertiary/aromatic N) is 3. The second kappa shape index (κ2) is 13.1. The van der Waals surface area contributed by atoms with Gasteiger partial charge in [0.15, 0.2) is 5.60 Å². The molecule has 2 aliphatic rings. The summed E-state index contributed by atoms with van der Waals surface area (Å²) in [5.41, 5.74) is -0.388. The third-order valence-corrected chi connectivity index (χ3v) is 8.93. The number of aliphatic carboxylic acids is 2. The molecule has 2 heterocycles. The summed E-state index contributed by atoms with van der Waals surface area (Å²) in [6, 6.07) is 9.29. The van der Waals surface area contributed by atoms with Gasteiger partial charge in [-0.05, 0) is 79.9 Å². The molecule has 2 aromatic rings. The molecule has 1 saturated heterocycles. The predicted molar refractivity (Wildman–Crippen MR) is 159 cm³/mol. The molecule has 4 rings (SSSR count). The second-order valence-electron chi connectivity index (χ2n) is 12.0. The fraction of sp³-hybridized carbons (Fsp3) is 0.484. The number of hydrogen-bond acceptors (Lipinski definition) is 8. The van der Waals surface area contributed by atoms with Gasteiger partial charge in [0.05, 0.1) is 18.8 Å². The number of carbonyl (C=O) groups excluding carboxylic acids is 2. The molecule has 44 heavy (non-hydrogen) atoms. The molecule has 0 aromatic heterocycles. The van der Waals surface area contributed by atoms with Gasteiger partial charge in [0.25, 0.3) is 0 Å². The van der Waals surface area contributed by atoms with E-state index in [0.29, 0.717) is 17.1 Å². The molecule has 13 heteroatoms. The lowest BCUT2D eigenvalue weighted by molar-refractivity contribution is -0.169. The number of carboxylic acid groups (broad SMARTS) is 2. The van der Waals surface area contributed by atoms with Crippen LogP contribution in [-0.2, 0) is 31.0 Å².